The monoisotopic (exact) mass is 405 g/mol. The van der Waals surface area contributed by atoms with Crippen LogP contribution in [0.1, 0.15) is 30.2 Å². The number of aromatic nitrogens is 1. The predicted molar refractivity (Wildman–Crippen MR) is 112 cm³/mol. The Hall–Kier alpha value is -2.25. The van der Waals surface area contributed by atoms with E-state index < -0.39 is 0 Å². The maximum Gasteiger partial charge on any atom is 0.208 e. The van der Waals surface area contributed by atoms with E-state index in [1.165, 1.54) is 0 Å². The molecule has 28 heavy (non-hydrogen) atoms. The normalized spacial score (nSPS) is 16.4. The van der Waals surface area contributed by atoms with Gasteiger partial charge in [0, 0.05) is 12.2 Å². The zero-order chi connectivity index (χ0) is 20.1. The van der Waals surface area contributed by atoms with E-state index in [2.05, 4.69) is 20.2 Å². The van der Waals surface area contributed by atoms with Crippen LogP contribution >= 0.6 is 11.6 Å². The number of halogens is 1. The van der Waals surface area contributed by atoms with Gasteiger partial charge in [0.15, 0.2) is 5.96 Å². The highest BCUT2D eigenvalue weighted by molar-refractivity contribution is 6.32. The minimum absolute atomic E-state index is 0.398. The van der Waals surface area contributed by atoms with E-state index in [1.807, 2.05) is 19.9 Å². The van der Waals surface area contributed by atoms with Crippen LogP contribution < -0.4 is 15.8 Å². The van der Waals surface area contributed by atoms with Gasteiger partial charge in [0.1, 0.15) is 11.5 Å². The van der Waals surface area contributed by atoms with Crippen LogP contribution in [0.4, 0.5) is 5.69 Å². The van der Waals surface area contributed by atoms with Crippen molar-refractivity contribution in [3.63, 3.8) is 0 Å². The first-order valence-electron chi connectivity index (χ1n) is 9.50. The number of rotatable bonds is 6. The number of ether oxygens (including phenoxy) is 1. The summed E-state index contributed by atoms with van der Waals surface area (Å²) >= 11 is 6.13. The van der Waals surface area contributed by atoms with Crippen molar-refractivity contribution in [1.82, 2.24) is 9.88 Å². The van der Waals surface area contributed by atoms with Crippen LogP contribution in [0.15, 0.2) is 27.6 Å². The second kappa shape index (κ2) is 9.30. The summed E-state index contributed by atoms with van der Waals surface area (Å²) in [4.78, 5) is 11.3. The summed E-state index contributed by atoms with van der Waals surface area (Å²) < 4.78 is 10.8. The number of likely N-dealkylation sites (tertiary alicyclic amines) is 1. The highest BCUT2D eigenvalue weighted by atomic mass is 35.5. The molecule has 1 aliphatic heterocycles. The van der Waals surface area contributed by atoms with E-state index in [9.17, 15) is 0 Å². The fourth-order valence-corrected chi connectivity index (χ4v) is 3.54. The van der Waals surface area contributed by atoms with Gasteiger partial charge in [-0.3, -0.25) is 9.89 Å². The first kappa shape index (κ1) is 20.5. The average Bonchev–Trinajstić information content (AvgIpc) is 2.98. The Morgan fingerprint density at radius 1 is 1.39 bits per heavy atom. The molecule has 3 rings (SSSR count). The van der Waals surface area contributed by atoms with Crippen molar-refractivity contribution in [2.45, 2.75) is 33.2 Å². The summed E-state index contributed by atoms with van der Waals surface area (Å²) in [6.45, 7) is 7.45. The van der Waals surface area contributed by atoms with Crippen LogP contribution in [0.25, 0.3) is 0 Å². The van der Waals surface area contributed by atoms with Crippen LogP contribution in [0.2, 0.25) is 5.02 Å². The van der Waals surface area contributed by atoms with Gasteiger partial charge in [-0.25, -0.2) is 4.98 Å². The van der Waals surface area contributed by atoms with E-state index in [-0.39, 0.29) is 0 Å². The summed E-state index contributed by atoms with van der Waals surface area (Å²) in [6.07, 6.45) is 2.17. The molecule has 2 heterocycles. The molecule has 0 amide bonds. The fourth-order valence-electron chi connectivity index (χ4n) is 3.28. The van der Waals surface area contributed by atoms with Crippen LogP contribution in [0, 0.1) is 19.8 Å². The molecule has 1 aromatic heterocycles. The van der Waals surface area contributed by atoms with Gasteiger partial charge < -0.3 is 20.2 Å². The van der Waals surface area contributed by atoms with Crippen molar-refractivity contribution >= 4 is 23.2 Å². The van der Waals surface area contributed by atoms with E-state index >= 15 is 0 Å². The van der Waals surface area contributed by atoms with Crippen molar-refractivity contribution in [3.05, 3.63) is 40.6 Å². The van der Waals surface area contributed by atoms with Gasteiger partial charge in [0.25, 0.3) is 0 Å². The Kier molecular flexibility index (Phi) is 6.80. The molecule has 152 valence electrons. The molecule has 0 aliphatic carbocycles. The second-order valence-corrected chi connectivity index (χ2v) is 7.58. The van der Waals surface area contributed by atoms with Crippen LogP contribution in [0.5, 0.6) is 5.75 Å². The van der Waals surface area contributed by atoms with Gasteiger partial charge in [0.05, 0.1) is 24.4 Å². The lowest BCUT2D eigenvalue weighted by Gasteiger charge is -2.30. The lowest BCUT2D eigenvalue weighted by Crippen LogP contribution is -2.34. The summed E-state index contributed by atoms with van der Waals surface area (Å²) in [7, 11) is 1.59. The van der Waals surface area contributed by atoms with Crippen molar-refractivity contribution in [3.8, 4) is 5.75 Å². The number of methoxy groups -OCH3 is 1. The van der Waals surface area contributed by atoms with E-state index in [0.717, 1.165) is 55.5 Å². The molecule has 0 radical (unpaired) electrons. The molecule has 2 aromatic rings. The number of aliphatic imine (C=N–C) groups is 1. The quantitative estimate of drug-likeness (QED) is 0.564. The number of hydrogen-bond donors (Lipinski definition) is 2. The van der Waals surface area contributed by atoms with E-state index in [0.29, 0.717) is 29.2 Å². The second-order valence-electron chi connectivity index (χ2n) is 7.17. The summed E-state index contributed by atoms with van der Waals surface area (Å²) in [6, 6.07) is 5.43. The highest BCUT2D eigenvalue weighted by Crippen LogP contribution is 2.27. The minimum atomic E-state index is 0.398. The Balaban J connectivity index is 1.44. The third-order valence-corrected chi connectivity index (χ3v) is 5.38. The van der Waals surface area contributed by atoms with Gasteiger partial charge in [0.2, 0.25) is 5.89 Å². The highest BCUT2D eigenvalue weighted by Gasteiger charge is 2.20. The minimum Gasteiger partial charge on any atom is -0.495 e. The molecule has 0 unspecified atom stereocenters. The van der Waals surface area contributed by atoms with Crippen LogP contribution in [-0.4, -0.2) is 42.6 Å². The molecule has 7 nitrogen and oxygen atoms in total. The maximum atomic E-state index is 6.13. The SMILES string of the molecule is COc1ccc(NC(N)=NCC2CCN(Cc3nc(C)c(C)o3)CC2)cc1Cl. The molecule has 1 aliphatic rings. The van der Waals surface area contributed by atoms with Crippen molar-refractivity contribution in [1.29, 1.82) is 0 Å². The van der Waals surface area contributed by atoms with Gasteiger partial charge in [-0.15, -0.1) is 0 Å². The number of nitrogens with zero attached hydrogens (tertiary/aromatic N) is 3. The molecular weight excluding hydrogens is 378 g/mol. The molecule has 3 N–H and O–H groups in total. The fraction of sp³-hybridized carbons (Fsp3) is 0.500. The topological polar surface area (TPSA) is 88.9 Å². The molecule has 1 fully saturated rings. The Bertz CT molecular complexity index is 808. The summed E-state index contributed by atoms with van der Waals surface area (Å²) in [5, 5.41) is 3.61. The van der Waals surface area contributed by atoms with Crippen LogP contribution in [-0.2, 0) is 6.54 Å². The van der Waals surface area contributed by atoms with Crippen molar-refractivity contribution < 1.29 is 9.15 Å². The Morgan fingerprint density at radius 3 is 2.75 bits per heavy atom. The number of aryl methyl sites for hydroxylation is 2. The number of benzene rings is 1. The van der Waals surface area contributed by atoms with E-state index in [1.54, 1.807) is 19.2 Å². The van der Waals surface area contributed by atoms with Gasteiger partial charge >= 0.3 is 0 Å². The standard InChI is InChI=1S/C20H28ClN5O2/c1-13-14(2)28-19(24-13)12-26-8-6-15(7-9-26)11-23-20(22)25-16-4-5-18(27-3)17(21)10-16/h4-5,10,15H,6-9,11-12H2,1-3H3,(H3,22,23,25). The molecular formula is C20H28ClN5O2. The number of anilines is 1. The number of guanidine groups is 1. The Morgan fingerprint density at radius 2 is 2.14 bits per heavy atom. The smallest absolute Gasteiger partial charge is 0.208 e. The lowest BCUT2D eigenvalue weighted by molar-refractivity contribution is 0.166. The summed E-state index contributed by atoms with van der Waals surface area (Å²) in [5.74, 6) is 3.27. The predicted octanol–water partition coefficient (Wildman–Crippen LogP) is 3.59. The molecule has 0 atom stereocenters. The zero-order valence-electron chi connectivity index (χ0n) is 16.7. The van der Waals surface area contributed by atoms with E-state index in [4.69, 9.17) is 26.5 Å². The van der Waals surface area contributed by atoms with Gasteiger partial charge in [-0.2, -0.15) is 0 Å². The zero-order valence-corrected chi connectivity index (χ0v) is 17.4. The molecule has 1 aromatic carbocycles. The largest absolute Gasteiger partial charge is 0.495 e. The number of nitrogens with one attached hydrogen (secondary N) is 1. The molecule has 0 spiro atoms. The van der Waals surface area contributed by atoms with Crippen molar-refractivity contribution in [2.24, 2.45) is 16.6 Å². The van der Waals surface area contributed by atoms with Crippen molar-refractivity contribution in [2.75, 3.05) is 32.1 Å². The summed E-state index contributed by atoms with van der Waals surface area (Å²) in [5.41, 5.74) is 7.79. The van der Waals surface area contributed by atoms with Gasteiger partial charge in [-0.05, 0) is 63.9 Å². The number of piperidine rings is 1. The first-order valence-corrected chi connectivity index (χ1v) is 9.88. The first-order chi connectivity index (χ1) is 13.4. The third-order valence-electron chi connectivity index (χ3n) is 5.08. The molecule has 0 saturated carbocycles. The maximum absolute atomic E-state index is 6.13. The molecule has 1 saturated heterocycles. The number of hydrogen-bond acceptors (Lipinski definition) is 5. The number of oxazole rings is 1. The number of nitrogens with two attached hydrogens (primary N) is 1. The average molecular weight is 406 g/mol. The Labute approximate surface area is 170 Å². The van der Waals surface area contributed by atoms with Gasteiger partial charge in [-0.1, -0.05) is 11.6 Å². The third kappa shape index (κ3) is 5.39. The van der Waals surface area contributed by atoms with Crippen LogP contribution in [0.3, 0.4) is 0 Å². The lowest BCUT2D eigenvalue weighted by atomic mass is 9.97. The molecule has 0 bridgehead atoms. The molecule has 8 heteroatoms.